The van der Waals surface area contributed by atoms with Crippen LogP contribution in [0.25, 0.3) is 0 Å². The second kappa shape index (κ2) is 9.96. The molecule has 2 aromatic carbocycles. The molecule has 0 saturated heterocycles. The van der Waals surface area contributed by atoms with E-state index in [1.807, 2.05) is 0 Å². The lowest BCUT2D eigenvalue weighted by Gasteiger charge is -2.27. The molecule has 0 saturated carbocycles. The molecule has 0 spiro atoms. The Morgan fingerprint density at radius 3 is 2.18 bits per heavy atom. The van der Waals surface area contributed by atoms with Gasteiger partial charge in [0, 0.05) is 0 Å². The number of nitrogens with one attached hydrogen (secondary N) is 1. The zero-order valence-electron chi connectivity index (χ0n) is 16.8. The highest BCUT2D eigenvalue weighted by Gasteiger charge is 2.73. The fourth-order valence-electron chi connectivity index (χ4n) is 2.33. The number of hydrazone groups is 1. The van der Waals surface area contributed by atoms with Gasteiger partial charge in [0.05, 0.1) is 18.4 Å². The van der Waals surface area contributed by atoms with E-state index < -0.39 is 24.1 Å². The summed E-state index contributed by atoms with van der Waals surface area (Å²) < 4.78 is 99.5. The third kappa shape index (κ3) is 6.26. The van der Waals surface area contributed by atoms with Crippen LogP contribution in [0.1, 0.15) is 28.4 Å². The number of carboxylic acid groups (broad SMARTS) is 1. The van der Waals surface area contributed by atoms with Gasteiger partial charge in [-0.2, -0.15) is 35.8 Å². The van der Waals surface area contributed by atoms with Crippen LogP contribution in [0.2, 0.25) is 0 Å². The Balaban J connectivity index is 2.11. The van der Waals surface area contributed by atoms with E-state index in [1.54, 1.807) is 6.92 Å². The van der Waals surface area contributed by atoms with E-state index in [0.717, 1.165) is 0 Å². The first-order valence-electron chi connectivity index (χ1n) is 9.13. The second-order valence-electron chi connectivity index (χ2n) is 6.45. The molecule has 0 aromatic heterocycles. The van der Waals surface area contributed by atoms with Crippen LogP contribution in [0.4, 0.5) is 30.7 Å². The van der Waals surface area contributed by atoms with E-state index in [1.165, 1.54) is 42.5 Å². The molecule has 0 unspecified atom stereocenters. The molecule has 0 aliphatic heterocycles. The molecule has 0 fully saturated rings. The molecule has 0 amide bonds. The quantitative estimate of drug-likeness (QED) is 0.214. The largest absolute Gasteiger partial charge is 0.490 e. The molecule has 6 nitrogen and oxygen atoms in total. The molecule has 0 atom stereocenters. The number of rotatable bonds is 10. The predicted molar refractivity (Wildman–Crippen MR) is 102 cm³/mol. The Bertz CT molecular complexity index is 993. The number of aromatic carboxylic acids is 1. The van der Waals surface area contributed by atoms with Gasteiger partial charge in [0.2, 0.25) is 0 Å². The van der Waals surface area contributed by atoms with Crippen molar-refractivity contribution in [1.82, 2.24) is 5.43 Å². The topological polar surface area (TPSA) is 80.1 Å². The number of ether oxygens (including phenoxy) is 2. The Kier molecular flexibility index (Phi) is 7.77. The van der Waals surface area contributed by atoms with Crippen LogP contribution in [0.15, 0.2) is 47.6 Å². The average Bonchev–Trinajstić information content (AvgIpc) is 2.72. The summed E-state index contributed by atoms with van der Waals surface area (Å²) in [5.74, 6) is -7.10. The molecule has 0 heterocycles. The second-order valence-corrected chi connectivity index (χ2v) is 6.45. The smallest absolute Gasteiger partial charge is 0.462 e. The van der Waals surface area contributed by atoms with Crippen molar-refractivity contribution in [3.63, 3.8) is 0 Å². The number of hydrogen-bond acceptors (Lipinski definition) is 5. The first-order chi connectivity index (χ1) is 15.3. The molecule has 2 aromatic rings. The standard InChI is InChI=1S/C20H17F7N2O4/c1-2-32-16-9-13(10-28-29-20(26,27)18(21,22)19(23,24)25)5-8-15(16)33-11-12-3-6-14(7-4-12)17(30)31/h3-10,29H,2,11H2,1H3,(H,30,31)/b28-10+. The summed E-state index contributed by atoms with van der Waals surface area (Å²) in [6.07, 6.45) is -5.87. The van der Waals surface area contributed by atoms with Crippen LogP contribution in [0.3, 0.4) is 0 Å². The SMILES string of the molecule is CCOc1cc(/C=N/NC(F)(F)C(F)(F)C(F)(F)F)ccc1OCc1ccc(C(=O)O)cc1. The van der Waals surface area contributed by atoms with E-state index in [4.69, 9.17) is 14.6 Å². The van der Waals surface area contributed by atoms with Crippen LogP contribution in [-0.4, -0.2) is 42.0 Å². The number of carbonyl (C=O) groups is 1. The fourth-order valence-corrected chi connectivity index (χ4v) is 2.33. The van der Waals surface area contributed by atoms with Crippen LogP contribution < -0.4 is 14.9 Å². The molecule has 13 heteroatoms. The molecule has 2 N–H and O–H groups in total. The maximum atomic E-state index is 13.2. The molecule has 0 aliphatic carbocycles. The molecule has 0 aliphatic rings. The summed E-state index contributed by atoms with van der Waals surface area (Å²) in [6.45, 7) is 1.82. The highest BCUT2D eigenvalue weighted by Crippen LogP contribution is 2.45. The maximum absolute atomic E-state index is 13.2. The van der Waals surface area contributed by atoms with Crippen molar-refractivity contribution >= 4 is 12.2 Å². The normalized spacial score (nSPS) is 12.6. The lowest BCUT2D eigenvalue weighted by Crippen LogP contribution is -2.58. The van der Waals surface area contributed by atoms with Gasteiger partial charge >= 0.3 is 24.1 Å². The summed E-state index contributed by atoms with van der Waals surface area (Å²) in [7, 11) is 0. The van der Waals surface area contributed by atoms with Gasteiger partial charge in [-0.05, 0) is 48.4 Å². The van der Waals surface area contributed by atoms with E-state index in [0.29, 0.717) is 17.2 Å². The minimum Gasteiger partial charge on any atom is -0.490 e. The number of carboxylic acids is 1. The van der Waals surface area contributed by atoms with Gasteiger partial charge in [0.15, 0.2) is 11.5 Å². The van der Waals surface area contributed by atoms with Gasteiger partial charge in [-0.15, -0.1) is 0 Å². The minimum atomic E-state index is -6.48. The first-order valence-corrected chi connectivity index (χ1v) is 9.13. The zero-order chi connectivity index (χ0) is 24.9. The van der Waals surface area contributed by atoms with Gasteiger partial charge in [-0.25, -0.2) is 10.2 Å². The highest BCUT2D eigenvalue weighted by atomic mass is 19.4. The minimum absolute atomic E-state index is 0.0215. The van der Waals surface area contributed by atoms with Crippen molar-refractivity contribution in [2.75, 3.05) is 6.61 Å². The van der Waals surface area contributed by atoms with Crippen molar-refractivity contribution in [3.05, 3.63) is 59.2 Å². The Morgan fingerprint density at radius 2 is 1.64 bits per heavy atom. The summed E-state index contributed by atoms with van der Waals surface area (Å²) in [4.78, 5) is 10.9. The van der Waals surface area contributed by atoms with E-state index in [-0.39, 0.29) is 35.8 Å². The number of hydrogen-bond donors (Lipinski definition) is 2. The highest BCUT2D eigenvalue weighted by molar-refractivity contribution is 5.87. The van der Waals surface area contributed by atoms with Crippen LogP contribution >= 0.6 is 0 Å². The predicted octanol–water partition coefficient (Wildman–Crippen LogP) is 5.08. The monoisotopic (exact) mass is 482 g/mol. The van der Waals surface area contributed by atoms with Gasteiger partial charge in [0.25, 0.3) is 0 Å². The van der Waals surface area contributed by atoms with E-state index in [9.17, 15) is 35.5 Å². The first kappa shape index (κ1) is 25.7. The van der Waals surface area contributed by atoms with Crippen molar-refractivity contribution in [3.8, 4) is 11.5 Å². The third-order valence-corrected chi connectivity index (χ3v) is 4.03. The summed E-state index contributed by atoms with van der Waals surface area (Å²) in [5.41, 5.74) is 1.29. The van der Waals surface area contributed by atoms with Crippen molar-refractivity contribution in [1.29, 1.82) is 0 Å². The molecular weight excluding hydrogens is 465 g/mol. The molecule has 0 bridgehead atoms. The third-order valence-electron chi connectivity index (χ3n) is 4.03. The average molecular weight is 482 g/mol. The number of alkyl halides is 7. The van der Waals surface area contributed by atoms with Crippen LogP contribution in [0, 0.1) is 0 Å². The Hall–Kier alpha value is -3.51. The summed E-state index contributed by atoms with van der Waals surface area (Å²) in [5, 5.41) is 11.7. The Morgan fingerprint density at radius 1 is 1.00 bits per heavy atom. The molecular formula is C20H17F7N2O4. The van der Waals surface area contributed by atoms with Crippen LogP contribution in [0.5, 0.6) is 11.5 Å². The van der Waals surface area contributed by atoms with E-state index in [2.05, 4.69) is 5.10 Å². The number of halogens is 7. The van der Waals surface area contributed by atoms with Gasteiger partial charge in [-0.1, -0.05) is 12.1 Å². The summed E-state index contributed by atoms with van der Waals surface area (Å²) in [6, 6.07) is 4.03. The zero-order valence-corrected chi connectivity index (χ0v) is 16.8. The molecule has 0 radical (unpaired) electrons. The lowest BCUT2D eigenvalue weighted by molar-refractivity contribution is -0.361. The van der Waals surface area contributed by atoms with E-state index >= 15 is 0 Å². The summed E-state index contributed by atoms with van der Waals surface area (Å²) >= 11 is 0. The molecule has 180 valence electrons. The Labute approximate surface area is 182 Å². The molecule has 33 heavy (non-hydrogen) atoms. The lowest BCUT2D eigenvalue weighted by atomic mass is 10.1. The fraction of sp³-hybridized carbons (Fsp3) is 0.300. The number of nitrogens with zero attached hydrogens (tertiary/aromatic N) is 1. The van der Waals surface area contributed by atoms with Crippen LogP contribution in [-0.2, 0) is 6.61 Å². The maximum Gasteiger partial charge on any atom is 0.462 e. The molecule has 2 rings (SSSR count). The van der Waals surface area contributed by atoms with Crippen molar-refractivity contribution in [2.24, 2.45) is 5.10 Å². The van der Waals surface area contributed by atoms with Crippen molar-refractivity contribution < 1.29 is 50.1 Å². The van der Waals surface area contributed by atoms with Gasteiger partial charge in [-0.3, -0.25) is 0 Å². The van der Waals surface area contributed by atoms with Crippen molar-refractivity contribution in [2.45, 2.75) is 31.7 Å². The number of benzene rings is 2. The van der Waals surface area contributed by atoms with Gasteiger partial charge in [0.1, 0.15) is 6.61 Å². The van der Waals surface area contributed by atoms with Gasteiger partial charge < -0.3 is 14.6 Å².